The lowest BCUT2D eigenvalue weighted by atomic mass is 10.1. The summed E-state index contributed by atoms with van der Waals surface area (Å²) in [6.07, 6.45) is 3.05. The van der Waals surface area contributed by atoms with Crippen molar-refractivity contribution in [2.75, 3.05) is 0 Å². The highest BCUT2D eigenvalue weighted by molar-refractivity contribution is 5.83. The molecule has 0 saturated carbocycles. The molecule has 0 radical (unpaired) electrons. The van der Waals surface area contributed by atoms with E-state index in [1.807, 2.05) is 6.92 Å². The fourth-order valence-corrected chi connectivity index (χ4v) is 1.35. The summed E-state index contributed by atoms with van der Waals surface area (Å²) < 4.78 is 0. The van der Waals surface area contributed by atoms with Gasteiger partial charge in [-0.25, -0.2) is 0 Å². The Morgan fingerprint density at radius 2 is 1.80 bits per heavy atom. The van der Waals surface area contributed by atoms with Crippen molar-refractivity contribution in [2.24, 2.45) is 0 Å². The zero-order valence-electron chi connectivity index (χ0n) is 9.91. The number of fused-ring (bicyclic) bond motifs is 1. The lowest BCUT2D eigenvalue weighted by molar-refractivity contribution is 1.00. The molecule has 2 heteroatoms. The zero-order chi connectivity index (χ0) is 11.3. The van der Waals surface area contributed by atoms with Gasteiger partial charge in [0, 0.05) is 10.8 Å². The molecule has 0 spiro atoms. The summed E-state index contributed by atoms with van der Waals surface area (Å²) in [6, 6.07) is 6.31. The van der Waals surface area contributed by atoms with E-state index in [0.29, 0.717) is 0 Å². The van der Waals surface area contributed by atoms with Gasteiger partial charge in [0.25, 0.3) is 0 Å². The minimum atomic E-state index is 0.993. The molecule has 1 heterocycles. The van der Waals surface area contributed by atoms with E-state index in [1.54, 1.807) is 6.20 Å². The van der Waals surface area contributed by atoms with Gasteiger partial charge in [-0.2, -0.15) is 10.2 Å². The van der Waals surface area contributed by atoms with Crippen LogP contribution >= 0.6 is 0 Å². The third-order valence-electron chi connectivity index (χ3n) is 2.00. The van der Waals surface area contributed by atoms with Gasteiger partial charge in [0.1, 0.15) is 0 Å². The number of hydrogen-bond acceptors (Lipinski definition) is 2. The summed E-state index contributed by atoms with van der Waals surface area (Å²) in [5.74, 6) is 0. The van der Waals surface area contributed by atoms with Crippen LogP contribution in [-0.2, 0) is 0 Å². The minimum absolute atomic E-state index is 0.993. The topological polar surface area (TPSA) is 25.8 Å². The number of nitrogens with zero attached hydrogens (tertiary/aromatic N) is 2. The molecule has 0 aliphatic rings. The maximum Gasteiger partial charge on any atom is 0.0678 e. The van der Waals surface area contributed by atoms with Crippen LogP contribution in [0.4, 0.5) is 0 Å². The normalized spacial score (nSPS) is 9.60. The first-order valence-electron chi connectivity index (χ1n) is 5.37. The molecule has 1 aromatic heterocycles. The third-order valence-corrected chi connectivity index (χ3v) is 2.00. The van der Waals surface area contributed by atoms with Crippen LogP contribution in [0.1, 0.15) is 31.5 Å². The van der Waals surface area contributed by atoms with Crippen LogP contribution in [-0.4, -0.2) is 10.2 Å². The lowest BCUT2D eigenvalue weighted by Gasteiger charge is -1.99. The fraction of sp³-hybridized carbons (Fsp3) is 0.385. The Labute approximate surface area is 91.4 Å². The quantitative estimate of drug-likeness (QED) is 0.651. The van der Waals surface area contributed by atoms with E-state index < -0.39 is 0 Å². The molecule has 80 valence electrons. The van der Waals surface area contributed by atoms with Gasteiger partial charge in [-0.3, -0.25) is 0 Å². The van der Waals surface area contributed by atoms with Gasteiger partial charge in [0.2, 0.25) is 0 Å². The number of rotatable bonds is 0. The van der Waals surface area contributed by atoms with Crippen LogP contribution in [0.2, 0.25) is 0 Å². The Morgan fingerprint density at radius 3 is 2.47 bits per heavy atom. The maximum absolute atomic E-state index is 3.99. The molecular formula is C13H18N2. The first-order valence-corrected chi connectivity index (χ1v) is 5.37. The van der Waals surface area contributed by atoms with Crippen LogP contribution < -0.4 is 0 Å². The molecule has 2 rings (SSSR count). The third kappa shape index (κ3) is 3.01. The van der Waals surface area contributed by atoms with Crippen LogP contribution in [0.15, 0.2) is 24.4 Å². The Kier molecular flexibility index (Phi) is 4.22. The van der Waals surface area contributed by atoms with Crippen molar-refractivity contribution in [1.82, 2.24) is 10.2 Å². The monoisotopic (exact) mass is 202 g/mol. The largest absolute Gasteiger partial charge is 0.158 e. The molecule has 2 nitrogen and oxygen atoms in total. The summed E-state index contributed by atoms with van der Waals surface area (Å²) in [6.45, 7) is 8.31. The molecule has 0 aliphatic carbocycles. The molecule has 0 amide bonds. The standard InChI is InChI=1S/C10H10N2.C3H8/c1-7-3-4-10-8(2)12-11-6-9(10)5-7;1-3-2/h3-6H,1-2H3;3H2,1-2H3. The highest BCUT2D eigenvalue weighted by Gasteiger charge is 1.97. The summed E-state index contributed by atoms with van der Waals surface area (Å²) in [7, 11) is 0. The van der Waals surface area contributed by atoms with Gasteiger partial charge in [-0.05, 0) is 19.9 Å². The fourth-order valence-electron chi connectivity index (χ4n) is 1.35. The summed E-state index contributed by atoms with van der Waals surface area (Å²) in [5.41, 5.74) is 2.25. The second-order valence-electron chi connectivity index (χ2n) is 3.73. The zero-order valence-corrected chi connectivity index (χ0v) is 9.91. The maximum atomic E-state index is 3.99. The van der Waals surface area contributed by atoms with Crippen LogP contribution in [0, 0.1) is 13.8 Å². The molecule has 0 unspecified atom stereocenters. The van der Waals surface area contributed by atoms with Crippen molar-refractivity contribution in [1.29, 1.82) is 0 Å². The van der Waals surface area contributed by atoms with E-state index in [-0.39, 0.29) is 0 Å². The highest BCUT2D eigenvalue weighted by atomic mass is 15.1. The Morgan fingerprint density at radius 1 is 1.13 bits per heavy atom. The number of aryl methyl sites for hydroxylation is 2. The van der Waals surface area contributed by atoms with Gasteiger partial charge in [0.15, 0.2) is 0 Å². The second-order valence-corrected chi connectivity index (χ2v) is 3.73. The molecule has 0 N–H and O–H groups in total. The van der Waals surface area contributed by atoms with E-state index in [4.69, 9.17) is 0 Å². The SMILES string of the molecule is CCC.Cc1ccc2c(C)nncc2c1. The van der Waals surface area contributed by atoms with Crippen LogP contribution in [0.3, 0.4) is 0 Å². The average molecular weight is 202 g/mol. The van der Waals surface area contributed by atoms with Gasteiger partial charge < -0.3 is 0 Å². The van der Waals surface area contributed by atoms with Crippen molar-refractivity contribution < 1.29 is 0 Å². The predicted octanol–water partition coefficient (Wildman–Crippen LogP) is 3.66. The molecular weight excluding hydrogens is 184 g/mol. The second kappa shape index (κ2) is 5.44. The Hall–Kier alpha value is -1.44. The molecule has 0 aliphatic heterocycles. The first-order chi connectivity index (χ1) is 7.19. The van der Waals surface area contributed by atoms with Gasteiger partial charge >= 0.3 is 0 Å². The van der Waals surface area contributed by atoms with Crippen LogP contribution in [0.5, 0.6) is 0 Å². The van der Waals surface area contributed by atoms with E-state index in [9.17, 15) is 0 Å². The molecule has 0 bridgehead atoms. The smallest absolute Gasteiger partial charge is 0.0678 e. The average Bonchev–Trinajstić information content (AvgIpc) is 2.19. The molecule has 0 fully saturated rings. The first kappa shape index (κ1) is 11.6. The van der Waals surface area contributed by atoms with Gasteiger partial charge in [-0.1, -0.05) is 38.0 Å². The number of hydrogen-bond donors (Lipinski definition) is 0. The van der Waals surface area contributed by atoms with Crippen molar-refractivity contribution in [2.45, 2.75) is 34.1 Å². The van der Waals surface area contributed by atoms with Crippen molar-refractivity contribution in [3.63, 3.8) is 0 Å². The van der Waals surface area contributed by atoms with Crippen molar-refractivity contribution >= 4 is 10.8 Å². The number of benzene rings is 1. The lowest BCUT2D eigenvalue weighted by Crippen LogP contribution is -1.87. The van der Waals surface area contributed by atoms with Crippen molar-refractivity contribution in [3.8, 4) is 0 Å². The predicted molar refractivity (Wildman–Crippen MR) is 65.0 cm³/mol. The molecule has 2 aromatic rings. The van der Waals surface area contributed by atoms with E-state index >= 15 is 0 Å². The van der Waals surface area contributed by atoms with E-state index in [1.165, 1.54) is 22.8 Å². The summed E-state index contributed by atoms with van der Waals surface area (Å²) >= 11 is 0. The van der Waals surface area contributed by atoms with Crippen LogP contribution in [0.25, 0.3) is 10.8 Å². The molecule has 15 heavy (non-hydrogen) atoms. The van der Waals surface area contributed by atoms with E-state index in [2.05, 4.69) is 49.2 Å². The Bertz CT molecular complexity index is 435. The Balaban J connectivity index is 0.000000337. The van der Waals surface area contributed by atoms with Crippen molar-refractivity contribution in [3.05, 3.63) is 35.7 Å². The molecule has 1 aromatic carbocycles. The van der Waals surface area contributed by atoms with E-state index in [0.717, 1.165) is 5.69 Å². The minimum Gasteiger partial charge on any atom is -0.158 e. The van der Waals surface area contributed by atoms with Gasteiger partial charge in [0.05, 0.1) is 11.9 Å². The highest BCUT2D eigenvalue weighted by Crippen LogP contribution is 2.15. The summed E-state index contributed by atoms with van der Waals surface area (Å²) in [5, 5.41) is 10.2. The molecule has 0 atom stereocenters. The summed E-state index contributed by atoms with van der Waals surface area (Å²) in [4.78, 5) is 0. The molecule has 0 saturated heterocycles. The number of aromatic nitrogens is 2. The van der Waals surface area contributed by atoms with Gasteiger partial charge in [-0.15, -0.1) is 0 Å².